The fourth-order valence-electron chi connectivity index (χ4n) is 1.71. The Hall–Kier alpha value is -1.46. The summed E-state index contributed by atoms with van der Waals surface area (Å²) in [6.45, 7) is 2.21. The summed E-state index contributed by atoms with van der Waals surface area (Å²) in [6, 6.07) is 1.63. The molecule has 1 aliphatic heterocycles. The average molecular weight is 221 g/mol. The van der Waals surface area contributed by atoms with Gasteiger partial charge < -0.3 is 15.8 Å². The number of anilines is 1. The number of morpholine rings is 1. The number of ether oxygens (including phenoxy) is 1. The van der Waals surface area contributed by atoms with Gasteiger partial charge in [0.15, 0.2) is 5.78 Å². The highest BCUT2D eigenvalue weighted by atomic mass is 16.5. The zero-order valence-corrected chi connectivity index (χ0v) is 8.98. The lowest BCUT2D eigenvalue weighted by atomic mass is 10.1. The fourth-order valence-corrected chi connectivity index (χ4v) is 1.71. The zero-order valence-electron chi connectivity index (χ0n) is 8.98. The molecule has 1 aromatic heterocycles. The van der Waals surface area contributed by atoms with Crippen LogP contribution in [-0.2, 0) is 4.74 Å². The van der Waals surface area contributed by atoms with Crippen molar-refractivity contribution in [1.82, 2.24) is 10.3 Å². The van der Waals surface area contributed by atoms with Gasteiger partial charge >= 0.3 is 0 Å². The van der Waals surface area contributed by atoms with Gasteiger partial charge in [-0.15, -0.1) is 0 Å². The number of hydrogen-bond acceptors (Lipinski definition) is 5. The van der Waals surface area contributed by atoms with Gasteiger partial charge in [-0.05, 0) is 6.07 Å². The van der Waals surface area contributed by atoms with Crippen LogP contribution in [0.5, 0.6) is 0 Å². The predicted molar refractivity (Wildman–Crippen MR) is 60.2 cm³/mol. The van der Waals surface area contributed by atoms with E-state index in [-0.39, 0.29) is 11.9 Å². The van der Waals surface area contributed by atoms with Crippen molar-refractivity contribution in [3.8, 4) is 0 Å². The van der Waals surface area contributed by atoms with Crippen molar-refractivity contribution in [3.05, 3.63) is 24.0 Å². The minimum absolute atomic E-state index is 0.0145. The predicted octanol–water partition coefficient (Wildman–Crippen LogP) is 0.225. The van der Waals surface area contributed by atoms with Crippen molar-refractivity contribution in [2.75, 3.05) is 25.4 Å². The maximum absolute atomic E-state index is 11.9. The molecule has 0 aromatic carbocycles. The Morgan fingerprint density at radius 3 is 3.25 bits per heavy atom. The monoisotopic (exact) mass is 221 g/mol. The van der Waals surface area contributed by atoms with Crippen LogP contribution in [0.2, 0.25) is 0 Å². The number of nitrogens with zero attached hydrogens (tertiary/aromatic N) is 1. The second-order valence-electron chi connectivity index (χ2n) is 3.79. The lowest BCUT2D eigenvalue weighted by molar-refractivity contribution is 0.0240. The number of rotatable bonds is 3. The molecule has 1 aliphatic rings. The van der Waals surface area contributed by atoms with Gasteiger partial charge in [-0.1, -0.05) is 0 Å². The van der Waals surface area contributed by atoms with Gasteiger partial charge in [0.05, 0.1) is 18.3 Å². The highest BCUT2D eigenvalue weighted by Crippen LogP contribution is 2.14. The Morgan fingerprint density at radius 2 is 2.56 bits per heavy atom. The van der Waals surface area contributed by atoms with Gasteiger partial charge in [-0.25, -0.2) is 0 Å². The first-order chi connectivity index (χ1) is 7.77. The number of Topliss-reactive ketones (excluding diaryl/α,β-unsaturated/α-hetero) is 1. The molecule has 1 atom stereocenters. The van der Waals surface area contributed by atoms with Crippen molar-refractivity contribution < 1.29 is 9.53 Å². The molecule has 5 heteroatoms. The number of carbonyl (C=O) groups excluding carboxylic acids is 1. The SMILES string of the molecule is Nc1ccncc1C(=O)CC1CNCCO1. The molecule has 1 fully saturated rings. The summed E-state index contributed by atoms with van der Waals surface area (Å²) in [6.07, 6.45) is 3.38. The van der Waals surface area contributed by atoms with Crippen molar-refractivity contribution in [1.29, 1.82) is 0 Å². The van der Waals surface area contributed by atoms with E-state index in [4.69, 9.17) is 10.5 Å². The first kappa shape index (κ1) is 11.0. The minimum Gasteiger partial charge on any atom is -0.398 e. The van der Waals surface area contributed by atoms with Crippen LogP contribution < -0.4 is 11.1 Å². The first-order valence-electron chi connectivity index (χ1n) is 5.32. The van der Waals surface area contributed by atoms with Crippen molar-refractivity contribution >= 4 is 11.5 Å². The molecule has 2 heterocycles. The van der Waals surface area contributed by atoms with E-state index in [1.54, 1.807) is 12.3 Å². The van der Waals surface area contributed by atoms with E-state index in [2.05, 4.69) is 10.3 Å². The van der Waals surface area contributed by atoms with E-state index in [1.807, 2.05) is 0 Å². The van der Waals surface area contributed by atoms with Crippen LogP contribution in [0.4, 0.5) is 5.69 Å². The normalized spacial score (nSPS) is 20.6. The Bertz CT molecular complexity index is 375. The number of carbonyl (C=O) groups is 1. The Labute approximate surface area is 94.0 Å². The van der Waals surface area contributed by atoms with Crippen LogP contribution in [-0.4, -0.2) is 36.6 Å². The molecule has 0 aliphatic carbocycles. The summed E-state index contributed by atoms with van der Waals surface area (Å²) < 4.78 is 5.47. The number of nitrogens with one attached hydrogen (secondary N) is 1. The van der Waals surface area contributed by atoms with E-state index < -0.39 is 0 Å². The maximum Gasteiger partial charge on any atom is 0.169 e. The van der Waals surface area contributed by atoms with Gasteiger partial charge in [-0.2, -0.15) is 0 Å². The summed E-state index contributed by atoms with van der Waals surface area (Å²) in [5.41, 5.74) is 6.67. The van der Waals surface area contributed by atoms with Gasteiger partial charge in [0, 0.05) is 37.6 Å². The molecule has 5 nitrogen and oxygen atoms in total. The Kier molecular flexibility index (Phi) is 3.48. The maximum atomic E-state index is 11.9. The number of hydrogen-bond donors (Lipinski definition) is 2. The van der Waals surface area contributed by atoms with Crippen LogP contribution in [0.15, 0.2) is 18.5 Å². The molecule has 0 spiro atoms. The topological polar surface area (TPSA) is 77.2 Å². The van der Waals surface area contributed by atoms with Crippen molar-refractivity contribution in [3.63, 3.8) is 0 Å². The standard InChI is InChI=1S/C11H15N3O2/c12-10-1-2-13-7-9(10)11(15)5-8-6-14-3-4-16-8/h1-2,7-8,14H,3-6H2,(H2,12,13). The molecule has 1 saturated heterocycles. The van der Waals surface area contributed by atoms with E-state index in [1.165, 1.54) is 6.20 Å². The van der Waals surface area contributed by atoms with Gasteiger partial charge in [-0.3, -0.25) is 9.78 Å². The highest BCUT2D eigenvalue weighted by molar-refractivity contribution is 6.00. The number of pyridine rings is 1. The van der Waals surface area contributed by atoms with E-state index >= 15 is 0 Å². The summed E-state index contributed by atoms with van der Waals surface area (Å²) in [4.78, 5) is 15.8. The van der Waals surface area contributed by atoms with Gasteiger partial charge in [0.25, 0.3) is 0 Å². The number of aromatic nitrogens is 1. The van der Waals surface area contributed by atoms with E-state index in [0.717, 1.165) is 6.54 Å². The molecule has 2 rings (SSSR count). The zero-order chi connectivity index (χ0) is 11.4. The Balaban J connectivity index is 2.00. The number of nitrogens with two attached hydrogens (primary N) is 1. The molecule has 16 heavy (non-hydrogen) atoms. The van der Waals surface area contributed by atoms with Crippen LogP contribution >= 0.6 is 0 Å². The molecule has 0 radical (unpaired) electrons. The third-order valence-corrected chi connectivity index (χ3v) is 2.57. The van der Waals surface area contributed by atoms with Crippen LogP contribution in [0.25, 0.3) is 0 Å². The molecule has 0 amide bonds. The third kappa shape index (κ3) is 2.56. The van der Waals surface area contributed by atoms with Crippen molar-refractivity contribution in [2.24, 2.45) is 0 Å². The summed E-state index contributed by atoms with van der Waals surface area (Å²) in [5, 5.41) is 3.18. The molecular formula is C11H15N3O2. The third-order valence-electron chi connectivity index (χ3n) is 2.57. The molecule has 0 bridgehead atoms. The molecule has 1 unspecified atom stereocenters. The largest absolute Gasteiger partial charge is 0.398 e. The lowest BCUT2D eigenvalue weighted by Gasteiger charge is -2.23. The van der Waals surface area contributed by atoms with E-state index in [9.17, 15) is 4.79 Å². The van der Waals surface area contributed by atoms with E-state index in [0.29, 0.717) is 30.8 Å². The van der Waals surface area contributed by atoms with Crippen LogP contribution in [0, 0.1) is 0 Å². The van der Waals surface area contributed by atoms with Crippen LogP contribution in [0.1, 0.15) is 16.8 Å². The smallest absolute Gasteiger partial charge is 0.169 e. The lowest BCUT2D eigenvalue weighted by Crippen LogP contribution is -2.39. The molecule has 3 N–H and O–H groups in total. The number of ketones is 1. The quantitative estimate of drug-likeness (QED) is 0.714. The summed E-state index contributed by atoms with van der Waals surface area (Å²) >= 11 is 0. The average Bonchev–Trinajstić information content (AvgIpc) is 2.31. The minimum atomic E-state index is -0.0548. The summed E-state index contributed by atoms with van der Waals surface area (Å²) in [7, 11) is 0. The van der Waals surface area contributed by atoms with Gasteiger partial charge in [0.2, 0.25) is 0 Å². The molecule has 1 aromatic rings. The molecular weight excluding hydrogens is 206 g/mol. The summed E-state index contributed by atoms with van der Waals surface area (Å²) in [5.74, 6) is -0.0145. The second-order valence-corrected chi connectivity index (χ2v) is 3.79. The molecule has 0 saturated carbocycles. The molecule has 86 valence electrons. The fraction of sp³-hybridized carbons (Fsp3) is 0.455. The second kappa shape index (κ2) is 5.05. The highest BCUT2D eigenvalue weighted by Gasteiger charge is 2.19. The first-order valence-corrected chi connectivity index (χ1v) is 5.32. The number of nitrogen functional groups attached to an aromatic ring is 1. The van der Waals surface area contributed by atoms with Crippen LogP contribution in [0.3, 0.4) is 0 Å². The Morgan fingerprint density at radius 1 is 1.69 bits per heavy atom. The van der Waals surface area contributed by atoms with Gasteiger partial charge in [0.1, 0.15) is 0 Å². The van der Waals surface area contributed by atoms with Crippen molar-refractivity contribution in [2.45, 2.75) is 12.5 Å².